The van der Waals surface area contributed by atoms with Crippen molar-refractivity contribution < 1.29 is 13.5 Å². The van der Waals surface area contributed by atoms with Crippen molar-refractivity contribution in [2.24, 2.45) is 0 Å². The Morgan fingerprint density at radius 1 is 0.941 bits per heavy atom. The van der Waals surface area contributed by atoms with Crippen LogP contribution in [0.1, 0.15) is 6.92 Å². The molecule has 2 aromatic rings. The van der Waals surface area contributed by atoms with E-state index >= 15 is 0 Å². The van der Waals surface area contributed by atoms with Crippen molar-refractivity contribution in [3.05, 3.63) is 54.1 Å². The highest BCUT2D eigenvalue weighted by atomic mass is 19.1. The van der Waals surface area contributed by atoms with Gasteiger partial charge in [0.25, 0.3) is 0 Å². The largest absolute Gasteiger partial charge is 0.493 e. The predicted molar refractivity (Wildman–Crippen MR) is 63.0 cm³/mol. The van der Waals surface area contributed by atoms with Crippen molar-refractivity contribution in [3.63, 3.8) is 0 Å². The van der Waals surface area contributed by atoms with Crippen molar-refractivity contribution in [2.75, 3.05) is 6.61 Å². The molecule has 2 rings (SSSR count). The van der Waals surface area contributed by atoms with E-state index in [0.29, 0.717) is 12.4 Å². The van der Waals surface area contributed by atoms with Crippen LogP contribution < -0.4 is 4.74 Å². The van der Waals surface area contributed by atoms with Crippen LogP contribution in [0, 0.1) is 11.6 Å². The summed E-state index contributed by atoms with van der Waals surface area (Å²) in [6.45, 7) is 2.29. The standard InChI is InChI=1S/C14H12F2O/c1-2-17-14-9-12(16)7-8-13(14)10-3-5-11(15)6-4-10/h3-9H,2H2,1H3. The fourth-order valence-corrected chi connectivity index (χ4v) is 1.64. The van der Waals surface area contributed by atoms with E-state index in [1.165, 1.54) is 24.3 Å². The Morgan fingerprint density at radius 3 is 2.24 bits per heavy atom. The molecule has 0 saturated carbocycles. The molecule has 0 unspecified atom stereocenters. The molecule has 3 heteroatoms. The number of rotatable bonds is 3. The zero-order chi connectivity index (χ0) is 12.3. The van der Waals surface area contributed by atoms with Crippen molar-refractivity contribution in [2.45, 2.75) is 6.92 Å². The van der Waals surface area contributed by atoms with Gasteiger partial charge in [-0.3, -0.25) is 0 Å². The molecule has 0 aliphatic rings. The predicted octanol–water partition coefficient (Wildman–Crippen LogP) is 4.03. The fourth-order valence-electron chi connectivity index (χ4n) is 1.64. The van der Waals surface area contributed by atoms with Gasteiger partial charge in [-0.2, -0.15) is 0 Å². The average Bonchev–Trinajstić information content (AvgIpc) is 2.31. The summed E-state index contributed by atoms with van der Waals surface area (Å²) >= 11 is 0. The molecule has 1 nitrogen and oxygen atoms in total. The zero-order valence-corrected chi connectivity index (χ0v) is 9.41. The van der Waals surface area contributed by atoms with Crippen LogP contribution in [0.4, 0.5) is 8.78 Å². The van der Waals surface area contributed by atoms with Crippen LogP contribution in [0.2, 0.25) is 0 Å². The Kier molecular flexibility index (Phi) is 3.38. The molecular formula is C14H12F2O. The zero-order valence-electron chi connectivity index (χ0n) is 9.41. The summed E-state index contributed by atoms with van der Waals surface area (Å²) in [7, 11) is 0. The van der Waals surface area contributed by atoms with E-state index in [1.54, 1.807) is 18.2 Å². The number of ether oxygens (including phenoxy) is 1. The van der Waals surface area contributed by atoms with E-state index in [1.807, 2.05) is 6.92 Å². The van der Waals surface area contributed by atoms with Gasteiger partial charge in [-0.05, 0) is 36.8 Å². The van der Waals surface area contributed by atoms with Crippen LogP contribution in [0.3, 0.4) is 0 Å². The molecule has 0 saturated heterocycles. The van der Waals surface area contributed by atoms with Gasteiger partial charge in [0.2, 0.25) is 0 Å². The minimum Gasteiger partial charge on any atom is -0.493 e. The molecule has 0 aromatic heterocycles. The van der Waals surface area contributed by atoms with E-state index in [4.69, 9.17) is 4.74 Å². The highest BCUT2D eigenvalue weighted by Gasteiger charge is 2.07. The normalized spacial score (nSPS) is 10.3. The smallest absolute Gasteiger partial charge is 0.130 e. The van der Waals surface area contributed by atoms with Gasteiger partial charge in [-0.15, -0.1) is 0 Å². The number of benzene rings is 2. The van der Waals surface area contributed by atoms with Gasteiger partial charge in [0, 0.05) is 11.6 Å². The molecule has 0 spiro atoms. The summed E-state index contributed by atoms with van der Waals surface area (Å²) < 4.78 is 31.3. The topological polar surface area (TPSA) is 9.23 Å². The van der Waals surface area contributed by atoms with Gasteiger partial charge in [-0.1, -0.05) is 12.1 Å². The second-order valence-corrected chi connectivity index (χ2v) is 3.58. The lowest BCUT2D eigenvalue weighted by Crippen LogP contribution is -1.95. The molecule has 2 aromatic carbocycles. The molecular weight excluding hydrogens is 222 g/mol. The van der Waals surface area contributed by atoms with Crippen molar-refractivity contribution in [3.8, 4) is 16.9 Å². The summed E-state index contributed by atoms with van der Waals surface area (Å²) in [6.07, 6.45) is 0. The summed E-state index contributed by atoms with van der Waals surface area (Å²) in [5.41, 5.74) is 1.56. The molecule has 0 fully saturated rings. The quantitative estimate of drug-likeness (QED) is 0.779. The van der Waals surface area contributed by atoms with Crippen LogP contribution in [0.15, 0.2) is 42.5 Å². The molecule has 0 amide bonds. The Hall–Kier alpha value is -1.90. The Balaban J connectivity index is 2.46. The van der Waals surface area contributed by atoms with Crippen molar-refractivity contribution in [1.29, 1.82) is 0 Å². The summed E-state index contributed by atoms with van der Waals surface area (Å²) in [5, 5.41) is 0. The minimum atomic E-state index is -0.348. The monoisotopic (exact) mass is 234 g/mol. The highest BCUT2D eigenvalue weighted by molar-refractivity contribution is 5.70. The van der Waals surface area contributed by atoms with Gasteiger partial charge in [-0.25, -0.2) is 8.78 Å². The third kappa shape index (κ3) is 2.61. The second-order valence-electron chi connectivity index (χ2n) is 3.58. The Labute approximate surface area is 98.7 Å². The molecule has 0 heterocycles. The first-order valence-electron chi connectivity index (χ1n) is 5.39. The maximum atomic E-state index is 13.1. The molecule has 88 valence electrons. The minimum absolute atomic E-state index is 0.297. The molecule has 0 radical (unpaired) electrons. The third-order valence-electron chi connectivity index (χ3n) is 2.40. The van der Waals surface area contributed by atoms with Crippen LogP contribution in [0.25, 0.3) is 11.1 Å². The number of hydrogen-bond acceptors (Lipinski definition) is 1. The van der Waals surface area contributed by atoms with Gasteiger partial charge in [0.15, 0.2) is 0 Å². The van der Waals surface area contributed by atoms with Crippen LogP contribution >= 0.6 is 0 Å². The first-order chi connectivity index (χ1) is 8.20. The SMILES string of the molecule is CCOc1cc(F)ccc1-c1ccc(F)cc1. The van der Waals surface area contributed by atoms with Crippen LogP contribution in [-0.4, -0.2) is 6.61 Å². The molecule has 17 heavy (non-hydrogen) atoms. The summed E-state index contributed by atoms with van der Waals surface area (Å²) in [4.78, 5) is 0. The third-order valence-corrected chi connectivity index (χ3v) is 2.40. The molecule has 0 aliphatic carbocycles. The molecule has 0 N–H and O–H groups in total. The van der Waals surface area contributed by atoms with E-state index in [-0.39, 0.29) is 11.6 Å². The van der Waals surface area contributed by atoms with E-state index in [9.17, 15) is 8.78 Å². The van der Waals surface area contributed by atoms with Crippen LogP contribution in [0.5, 0.6) is 5.75 Å². The van der Waals surface area contributed by atoms with E-state index in [2.05, 4.69) is 0 Å². The lowest BCUT2D eigenvalue weighted by molar-refractivity contribution is 0.339. The molecule has 0 aliphatic heterocycles. The van der Waals surface area contributed by atoms with Crippen molar-refractivity contribution in [1.82, 2.24) is 0 Å². The lowest BCUT2D eigenvalue weighted by Gasteiger charge is -2.10. The van der Waals surface area contributed by atoms with Gasteiger partial charge >= 0.3 is 0 Å². The molecule has 0 bridgehead atoms. The van der Waals surface area contributed by atoms with E-state index < -0.39 is 0 Å². The highest BCUT2D eigenvalue weighted by Crippen LogP contribution is 2.30. The number of hydrogen-bond donors (Lipinski definition) is 0. The summed E-state index contributed by atoms with van der Waals surface area (Å²) in [6, 6.07) is 10.4. The second kappa shape index (κ2) is 4.95. The summed E-state index contributed by atoms with van der Waals surface area (Å²) in [5.74, 6) is -0.174. The lowest BCUT2D eigenvalue weighted by atomic mass is 10.0. The van der Waals surface area contributed by atoms with Crippen molar-refractivity contribution >= 4 is 0 Å². The van der Waals surface area contributed by atoms with Gasteiger partial charge < -0.3 is 4.74 Å². The fraction of sp³-hybridized carbons (Fsp3) is 0.143. The Bertz CT molecular complexity index is 506. The maximum Gasteiger partial charge on any atom is 0.130 e. The first-order valence-corrected chi connectivity index (χ1v) is 5.39. The Morgan fingerprint density at radius 2 is 1.59 bits per heavy atom. The van der Waals surface area contributed by atoms with Gasteiger partial charge in [0.05, 0.1) is 6.61 Å². The first kappa shape index (κ1) is 11.6. The van der Waals surface area contributed by atoms with E-state index in [0.717, 1.165) is 11.1 Å². The van der Waals surface area contributed by atoms with Crippen LogP contribution in [-0.2, 0) is 0 Å². The molecule has 0 atom stereocenters. The maximum absolute atomic E-state index is 13.1. The average molecular weight is 234 g/mol. The number of halogens is 2. The van der Waals surface area contributed by atoms with Gasteiger partial charge in [0.1, 0.15) is 17.4 Å².